The van der Waals surface area contributed by atoms with Crippen LogP contribution in [0, 0.1) is 10.1 Å². The van der Waals surface area contributed by atoms with Gasteiger partial charge < -0.3 is 10.4 Å². The maximum absolute atomic E-state index is 11.9. The van der Waals surface area contributed by atoms with Crippen LogP contribution < -0.4 is 5.32 Å². The van der Waals surface area contributed by atoms with Gasteiger partial charge in [-0.25, -0.2) is 4.98 Å². The summed E-state index contributed by atoms with van der Waals surface area (Å²) in [5, 5.41) is 22.5. The number of carbonyl (C=O) groups is 1. The van der Waals surface area contributed by atoms with E-state index in [1.165, 1.54) is 0 Å². The Bertz CT molecular complexity index is 516. The van der Waals surface area contributed by atoms with Gasteiger partial charge in [0.2, 0.25) is 0 Å². The molecule has 0 saturated heterocycles. The van der Waals surface area contributed by atoms with Crippen LogP contribution in [-0.4, -0.2) is 33.1 Å². The molecule has 8 heteroatoms. The number of hydrogen-bond acceptors (Lipinski definition) is 5. The van der Waals surface area contributed by atoms with Gasteiger partial charge >= 0.3 is 0 Å². The SMILES string of the molecule is O=C(NC1(CO)CC1)c1cc(Cl)ncc1[N+](=O)[O-]. The Morgan fingerprint density at radius 1 is 1.67 bits per heavy atom. The number of nitro groups is 1. The third kappa shape index (κ3) is 2.41. The Balaban J connectivity index is 2.29. The summed E-state index contributed by atoms with van der Waals surface area (Å²) >= 11 is 5.62. The van der Waals surface area contributed by atoms with Crippen LogP contribution >= 0.6 is 11.6 Å². The molecule has 1 aromatic heterocycles. The Kier molecular flexibility index (Phi) is 3.18. The predicted octanol–water partition coefficient (Wildman–Crippen LogP) is 0.898. The summed E-state index contributed by atoms with van der Waals surface area (Å²) in [6.07, 6.45) is 2.25. The third-order valence-electron chi connectivity index (χ3n) is 2.83. The molecule has 0 bridgehead atoms. The predicted molar refractivity (Wildman–Crippen MR) is 62.4 cm³/mol. The van der Waals surface area contributed by atoms with E-state index in [-0.39, 0.29) is 17.3 Å². The van der Waals surface area contributed by atoms with Crippen molar-refractivity contribution in [3.05, 3.63) is 33.1 Å². The van der Waals surface area contributed by atoms with Crippen LogP contribution in [0.2, 0.25) is 5.15 Å². The van der Waals surface area contributed by atoms with E-state index in [1.54, 1.807) is 0 Å². The van der Waals surface area contributed by atoms with Gasteiger partial charge in [0.15, 0.2) is 0 Å². The molecule has 2 rings (SSSR count). The van der Waals surface area contributed by atoms with Crippen LogP contribution in [0.1, 0.15) is 23.2 Å². The average molecular weight is 272 g/mol. The van der Waals surface area contributed by atoms with Gasteiger partial charge in [-0.1, -0.05) is 11.6 Å². The van der Waals surface area contributed by atoms with Crippen molar-refractivity contribution in [2.75, 3.05) is 6.61 Å². The number of amides is 1. The smallest absolute Gasteiger partial charge is 0.300 e. The fourth-order valence-electron chi connectivity index (χ4n) is 1.53. The molecule has 96 valence electrons. The number of nitrogens with zero attached hydrogens (tertiary/aromatic N) is 2. The number of aromatic nitrogens is 1. The second kappa shape index (κ2) is 4.51. The standard InChI is InChI=1S/C10H10ClN3O4/c11-8-3-6(7(4-12-8)14(17)18)9(16)13-10(5-15)1-2-10/h3-4,15H,1-2,5H2,(H,13,16). The Morgan fingerprint density at radius 2 is 2.33 bits per heavy atom. The number of hydrogen-bond donors (Lipinski definition) is 2. The highest BCUT2D eigenvalue weighted by Crippen LogP contribution is 2.35. The normalized spacial score (nSPS) is 16.1. The van der Waals surface area contributed by atoms with Gasteiger partial charge in [0, 0.05) is 0 Å². The van der Waals surface area contributed by atoms with E-state index in [9.17, 15) is 14.9 Å². The molecule has 18 heavy (non-hydrogen) atoms. The molecule has 0 spiro atoms. The Morgan fingerprint density at radius 3 is 2.83 bits per heavy atom. The van der Waals surface area contributed by atoms with Crippen molar-refractivity contribution in [3.63, 3.8) is 0 Å². The molecule has 7 nitrogen and oxygen atoms in total. The molecule has 0 aromatic carbocycles. The van der Waals surface area contributed by atoms with Gasteiger partial charge in [0.05, 0.1) is 17.1 Å². The molecule has 1 aliphatic rings. The van der Waals surface area contributed by atoms with Crippen molar-refractivity contribution in [1.29, 1.82) is 0 Å². The van der Waals surface area contributed by atoms with E-state index in [0.717, 1.165) is 12.3 Å². The highest BCUT2D eigenvalue weighted by molar-refractivity contribution is 6.29. The molecule has 1 aromatic rings. The highest BCUT2D eigenvalue weighted by atomic mass is 35.5. The molecule has 0 radical (unpaired) electrons. The zero-order valence-electron chi connectivity index (χ0n) is 9.22. The average Bonchev–Trinajstić information content (AvgIpc) is 3.09. The fraction of sp³-hybridized carbons (Fsp3) is 0.400. The zero-order chi connectivity index (χ0) is 13.3. The van der Waals surface area contributed by atoms with Crippen LogP contribution in [0.15, 0.2) is 12.3 Å². The van der Waals surface area contributed by atoms with Crippen LogP contribution in [0.5, 0.6) is 0 Å². The lowest BCUT2D eigenvalue weighted by Crippen LogP contribution is -2.39. The minimum absolute atomic E-state index is 0.000375. The number of carbonyl (C=O) groups excluding carboxylic acids is 1. The fourth-order valence-corrected chi connectivity index (χ4v) is 1.69. The van der Waals surface area contributed by atoms with Crippen molar-refractivity contribution < 1.29 is 14.8 Å². The largest absolute Gasteiger partial charge is 0.394 e. The molecule has 0 aliphatic heterocycles. The molecule has 1 amide bonds. The number of aliphatic hydroxyl groups is 1. The van der Waals surface area contributed by atoms with Crippen molar-refractivity contribution in [1.82, 2.24) is 10.3 Å². The van der Waals surface area contributed by atoms with E-state index >= 15 is 0 Å². The second-order valence-electron chi connectivity index (χ2n) is 4.17. The van der Waals surface area contributed by atoms with Crippen molar-refractivity contribution in [2.45, 2.75) is 18.4 Å². The molecule has 1 heterocycles. The Labute approximate surface area is 107 Å². The van der Waals surface area contributed by atoms with E-state index < -0.39 is 22.1 Å². The van der Waals surface area contributed by atoms with E-state index in [1.807, 2.05) is 0 Å². The highest BCUT2D eigenvalue weighted by Gasteiger charge is 2.44. The molecule has 1 fully saturated rings. The van der Waals surface area contributed by atoms with Crippen LogP contribution in [-0.2, 0) is 0 Å². The van der Waals surface area contributed by atoms with Gasteiger partial charge in [-0.3, -0.25) is 14.9 Å². The first-order chi connectivity index (χ1) is 8.47. The minimum atomic E-state index is -0.698. The number of aliphatic hydroxyl groups excluding tert-OH is 1. The number of halogens is 1. The molecular weight excluding hydrogens is 262 g/mol. The first-order valence-corrected chi connectivity index (χ1v) is 5.58. The summed E-state index contributed by atoms with van der Waals surface area (Å²) in [4.78, 5) is 25.6. The van der Waals surface area contributed by atoms with Crippen molar-refractivity contribution in [3.8, 4) is 0 Å². The maximum atomic E-state index is 11.9. The summed E-state index contributed by atoms with van der Waals surface area (Å²) in [5.41, 5.74) is -1.20. The summed E-state index contributed by atoms with van der Waals surface area (Å²) in [6.45, 7) is -0.189. The zero-order valence-corrected chi connectivity index (χ0v) is 9.98. The lowest BCUT2D eigenvalue weighted by Gasteiger charge is -2.14. The van der Waals surface area contributed by atoms with Crippen LogP contribution in [0.25, 0.3) is 0 Å². The van der Waals surface area contributed by atoms with E-state index in [4.69, 9.17) is 16.7 Å². The lowest BCUT2D eigenvalue weighted by atomic mass is 10.2. The maximum Gasteiger partial charge on any atom is 0.300 e. The summed E-state index contributed by atoms with van der Waals surface area (Å²) in [5.74, 6) is -0.627. The van der Waals surface area contributed by atoms with Gasteiger partial charge in [-0.05, 0) is 18.9 Å². The first-order valence-electron chi connectivity index (χ1n) is 5.21. The number of rotatable bonds is 4. The number of pyridine rings is 1. The lowest BCUT2D eigenvalue weighted by molar-refractivity contribution is -0.385. The molecule has 1 aliphatic carbocycles. The monoisotopic (exact) mass is 271 g/mol. The topological polar surface area (TPSA) is 105 Å². The van der Waals surface area contributed by atoms with E-state index in [0.29, 0.717) is 12.8 Å². The van der Waals surface area contributed by atoms with Crippen LogP contribution in [0.4, 0.5) is 5.69 Å². The van der Waals surface area contributed by atoms with Crippen LogP contribution in [0.3, 0.4) is 0 Å². The van der Waals surface area contributed by atoms with E-state index in [2.05, 4.69) is 10.3 Å². The summed E-state index contributed by atoms with van der Waals surface area (Å²) in [7, 11) is 0. The Hall–Kier alpha value is -1.73. The minimum Gasteiger partial charge on any atom is -0.394 e. The summed E-state index contributed by atoms with van der Waals surface area (Å²) < 4.78 is 0. The summed E-state index contributed by atoms with van der Waals surface area (Å²) in [6, 6.07) is 1.14. The molecule has 0 atom stereocenters. The van der Waals surface area contributed by atoms with Gasteiger partial charge in [-0.15, -0.1) is 0 Å². The quantitative estimate of drug-likeness (QED) is 0.481. The van der Waals surface area contributed by atoms with Gasteiger partial charge in [0.25, 0.3) is 11.6 Å². The van der Waals surface area contributed by atoms with Crippen molar-refractivity contribution in [2.24, 2.45) is 0 Å². The second-order valence-corrected chi connectivity index (χ2v) is 4.56. The van der Waals surface area contributed by atoms with Crippen molar-refractivity contribution >= 4 is 23.2 Å². The molecule has 1 saturated carbocycles. The van der Waals surface area contributed by atoms with Gasteiger partial charge in [0.1, 0.15) is 16.9 Å². The molecular formula is C10H10ClN3O4. The molecule has 0 unspecified atom stereocenters. The first kappa shape index (κ1) is 12.7. The third-order valence-corrected chi connectivity index (χ3v) is 3.03. The van der Waals surface area contributed by atoms with Gasteiger partial charge in [-0.2, -0.15) is 0 Å². The number of nitrogens with one attached hydrogen (secondary N) is 1. The molecule has 2 N–H and O–H groups in total.